The maximum absolute atomic E-state index is 6.26. The summed E-state index contributed by atoms with van der Waals surface area (Å²) in [6, 6.07) is 11.4. The average molecular weight is 283 g/mol. The van der Waals surface area contributed by atoms with E-state index < -0.39 is 0 Å². The van der Waals surface area contributed by atoms with Crippen molar-refractivity contribution in [1.29, 1.82) is 0 Å². The van der Waals surface area contributed by atoms with Crippen LogP contribution in [0.3, 0.4) is 0 Å². The zero-order valence-electron chi connectivity index (χ0n) is 13.2. The fraction of sp³-hybridized carbons (Fsp3) is 0.529. The highest BCUT2D eigenvalue weighted by Crippen LogP contribution is 2.40. The van der Waals surface area contributed by atoms with Crippen LogP contribution in [0.2, 0.25) is 0 Å². The van der Waals surface area contributed by atoms with Crippen LogP contribution in [0.1, 0.15) is 46.6 Å². The minimum absolute atomic E-state index is 0.275. The van der Waals surface area contributed by atoms with E-state index in [-0.39, 0.29) is 18.3 Å². The lowest BCUT2D eigenvalue weighted by Gasteiger charge is -2.32. The van der Waals surface area contributed by atoms with Gasteiger partial charge in [0.05, 0.1) is 11.2 Å². The fourth-order valence-electron chi connectivity index (χ4n) is 3.08. The number of nitrogens with zero attached hydrogens (tertiary/aromatic N) is 1. The van der Waals surface area contributed by atoms with Crippen molar-refractivity contribution < 1.29 is 9.31 Å². The highest BCUT2D eigenvalue weighted by molar-refractivity contribution is 6.62. The molecule has 2 fully saturated rings. The van der Waals surface area contributed by atoms with Crippen molar-refractivity contribution in [3.05, 3.63) is 30.3 Å². The normalized spacial score (nSPS) is 23.9. The molecule has 0 radical (unpaired) electrons. The Hall–Kier alpha value is -1.26. The van der Waals surface area contributed by atoms with Gasteiger partial charge in [-0.1, -0.05) is 18.2 Å². The van der Waals surface area contributed by atoms with E-state index in [1.54, 1.807) is 0 Å². The van der Waals surface area contributed by atoms with E-state index in [1.807, 2.05) is 0 Å². The van der Waals surface area contributed by atoms with Crippen LogP contribution in [0, 0.1) is 0 Å². The highest BCUT2D eigenvalue weighted by atomic mass is 16.7. The Morgan fingerprint density at radius 3 is 2.29 bits per heavy atom. The predicted molar refractivity (Wildman–Crippen MR) is 85.9 cm³/mol. The minimum Gasteiger partial charge on any atom is -0.398 e. The molecule has 3 nitrogen and oxygen atoms in total. The van der Waals surface area contributed by atoms with Gasteiger partial charge in [0.1, 0.15) is 0 Å². The van der Waals surface area contributed by atoms with Crippen molar-refractivity contribution in [3.63, 3.8) is 0 Å². The summed E-state index contributed by atoms with van der Waals surface area (Å²) in [5.41, 5.74) is 1.88. The number of para-hydroxylation sites is 1. The van der Waals surface area contributed by atoms with Crippen molar-refractivity contribution in [1.82, 2.24) is 4.57 Å². The summed E-state index contributed by atoms with van der Waals surface area (Å²) in [4.78, 5) is 0. The van der Waals surface area contributed by atoms with E-state index in [0.29, 0.717) is 6.04 Å². The van der Waals surface area contributed by atoms with Crippen molar-refractivity contribution in [2.75, 3.05) is 0 Å². The Morgan fingerprint density at radius 2 is 1.67 bits per heavy atom. The molecule has 1 aromatic carbocycles. The molecule has 1 aromatic heterocycles. The van der Waals surface area contributed by atoms with Crippen LogP contribution < -0.4 is 5.59 Å². The summed E-state index contributed by atoms with van der Waals surface area (Å²) in [7, 11) is -0.275. The number of benzene rings is 1. The molecule has 0 unspecified atom stereocenters. The first-order valence-corrected chi connectivity index (χ1v) is 7.84. The van der Waals surface area contributed by atoms with Gasteiger partial charge in [0.25, 0.3) is 0 Å². The molecule has 1 aliphatic heterocycles. The van der Waals surface area contributed by atoms with Gasteiger partial charge in [0.15, 0.2) is 0 Å². The Bertz CT molecular complexity index is 684. The summed E-state index contributed by atoms with van der Waals surface area (Å²) in [6.07, 6.45) is 2.51. The van der Waals surface area contributed by atoms with Gasteiger partial charge in [-0.2, -0.15) is 0 Å². The van der Waals surface area contributed by atoms with Crippen LogP contribution in [0.25, 0.3) is 10.9 Å². The molecule has 1 saturated heterocycles. The van der Waals surface area contributed by atoms with E-state index in [2.05, 4.69) is 62.6 Å². The molecule has 4 heteroatoms. The smallest absolute Gasteiger partial charge is 0.398 e. The maximum atomic E-state index is 6.26. The molecule has 4 rings (SSSR count). The van der Waals surface area contributed by atoms with E-state index >= 15 is 0 Å². The van der Waals surface area contributed by atoms with E-state index in [4.69, 9.17) is 9.31 Å². The lowest BCUT2D eigenvalue weighted by Crippen LogP contribution is -2.41. The zero-order valence-corrected chi connectivity index (χ0v) is 13.2. The number of rotatable bonds is 2. The van der Waals surface area contributed by atoms with Gasteiger partial charge in [-0.05, 0) is 58.1 Å². The summed E-state index contributed by atoms with van der Waals surface area (Å²) in [5, 5.41) is 1.27. The Kier molecular flexibility index (Phi) is 2.65. The lowest BCUT2D eigenvalue weighted by atomic mass is 9.84. The molecular weight excluding hydrogens is 261 g/mol. The van der Waals surface area contributed by atoms with E-state index in [0.717, 1.165) is 5.59 Å². The molecule has 1 saturated carbocycles. The molecule has 21 heavy (non-hydrogen) atoms. The van der Waals surface area contributed by atoms with E-state index in [9.17, 15) is 0 Å². The van der Waals surface area contributed by atoms with Gasteiger partial charge in [-0.15, -0.1) is 0 Å². The predicted octanol–water partition coefficient (Wildman–Crippen LogP) is 3.28. The van der Waals surface area contributed by atoms with Crippen LogP contribution in [0.5, 0.6) is 0 Å². The topological polar surface area (TPSA) is 23.4 Å². The minimum atomic E-state index is -0.289. The third-order valence-electron chi connectivity index (χ3n) is 5.18. The largest absolute Gasteiger partial charge is 0.512 e. The summed E-state index contributed by atoms with van der Waals surface area (Å²) in [6.45, 7) is 8.43. The highest BCUT2D eigenvalue weighted by Gasteiger charge is 2.53. The number of aromatic nitrogens is 1. The van der Waals surface area contributed by atoms with Crippen LogP contribution >= 0.6 is 0 Å². The number of hydrogen-bond acceptors (Lipinski definition) is 2. The van der Waals surface area contributed by atoms with Crippen molar-refractivity contribution in [3.8, 4) is 0 Å². The van der Waals surface area contributed by atoms with Gasteiger partial charge < -0.3 is 13.9 Å². The molecule has 1 aliphatic carbocycles. The number of fused-ring (bicyclic) bond motifs is 1. The second-order valence-electron chi connectivity index (χ2n) is 7.32. The molecule has 0 bridgehead atoms. The third-order valence-corrected chi connectivity index (χ3v) is 5.18. The van der Waals surface area contributed by atoms with Crippen LogP contribution in [-0.2, 0) is 9.31 Å². The first kappa shape index (κ1) is 13.4. The maximum Gasteiger partial charge on any atom is 0.512 e. The average Bonchev–Trinajstić information content (AvgIpc) is 3.12. The quantitative estimate of drug-likeness (QED) is 0.790. The summed E-state index contributed by atoms with van der Waals surface area (Å²) < 4.78 is 14.9. The molecule has 0 spiro atoms. The van der Waals surface area contributed by atoms with Gasteiger partial charge in [0, 0.05) is 17.2 Å². The molecule has 110 valence electrons. The Balaban J connectivity index is 1.82. The standard InChI is InChI=1S/C17H22BNO2/c1-16(2)17(3,4)21-18(20-16)15-11-12-7-5-6-8-14(12)19(15)13-9-10-13/h5-8,11,13H,9-10H2,1-4H3. The molecule has 2 heterocycles. The van der Waals surface area contributed by atoms with Gasteiger partial charge in [-0.3, -0.25) is 0 Å². The summed E-state index contributed by atoms with van der Waals surface area (Å²) >= 11 is 0. The molecule has 2 aliphatic rings. The second kappa shape index (κ2) is 4.14. The monoisotopic (exact) mass is 283 g/mol. The van der Waals surface area contributed by atoms with Crippen LogP contribution in [0.15, 0.2) is 30.3 Å². The Labute approximate surface area is 126 Å². The zero-order chi connectivity index (χ0) is 14.8. The molecule has 2 aromatic rings. The first-order chi connectivity index (χ1) is 9.89. The van der Waals surface area contributed by atoms with Crippen LogP contribution in [-0.4, -0.2) is 22.9 Å². The van der Waals surface area contributed by atoms with E-state index in [1.165, 1.54) is 23.7 Å². The third kappa shape index (κ3) is 1.96. The lowest BCUT2D eigenvalue weighted by molar-refractivity contribution is 0.00578. The van der Waals surface area contributed by atoms with Gasteiger partial charge in [-0.25, -0.2) is 0 Å². The summed E-state index contributed by atoms with van der Waals surface area (Å²) in [5.74, 6) is 0. The van der Waals surface area contributed by atoms with Crippen molar-refractivity contribution >= 4 is 23.6 Å². The second-order valence-corrected chi connectivity index (χ2v) is 7.32. The molecule has 0 atom stereocenters. The van der Waals surface area contributed by atoms with Crippen LogP contribution in [0.4, 0.5) is 0 Å². The Morgan fingerprint density at radius 1 is 1.05 bits per heavy atom. The van der Waals surface area contributed by atoms with Crippen molar-refractivity contribution in [2.24, 2.45) is 0 Å². The molecular formula is C17H22BNO2. The molecule has 0 amide bonds. The van der Waals surface area contributed by atoms with Gasteiger partial charge in [0.2, 0.25) is 0 Å². The van der Waals surface area contributed by atoms with Crippen molar-refractivity contribution in [2.45, 2.75) is 57.8 Å². The SMILES string of the molecule is CC1(C)OB(c2cc3ccccc3n2C2CC2)OC1(C)C. The number of hydrogen-bond donors (Lipinski definition) is 0. The van der Waals surface area contributed by atoms with Gasteiger partial charge >= 0.3 is 7.12 Å². The first-order valence-electron chi connectivity index (χ1n) is 7.84. The molecule has 0 N–H and O–H groups in total. The fourth-order valence-corrected chi connectivity index (χ4v) is 3.08.